The number of likely N-dealkylation sites (tertiary alicyclic amines) is 1. The first-order chi connectivity index (χ1) is 13.8. The molecule has 3 rings (SSSR count). The van der Waals surface area contributed by atoms with Crippen LogP contribution in [0.25, 0.3) is 0 Å². The van der Waals surface area contributed by atoms with Gasteiger partial charge in [0.25, 0.3) is 11.6 Å². The van der Waals surface area contributed by atoms with Crippen LogP contribution < -0.4 is 5.32 Å². The summed E-state index contributed by atoms with van der Waals surface area (Å²) in [6.45, 7) is 1.14. The molecule has 2 amide bonds. The summed E-state index contributed by atoms with van der Waals surface area (Å²) >= 11 is 12.0. The van der Waals surface area contributed by atoms with Crippen molar-refractivity contribution in [3.05, 3.63) is 73.8 Å². The highest BCUT2D eigenvalue weighted by molar-refractivity contribution is 6.35. The zero-order valence-electron chi connectivity index (χ0n) is 15.4. The van der Waals surface area contributed by atoms with Crippen molar-refractivity contribution < 1.29 is 14.5 Å². The molecule has 0 atom stereocenters. The van der Waals surface area contributed by atoms with Crippen LogP contribution in [0.2, 0.25) is 10.0 Å². The smallest absolute Gasteiger partial charge is 0.270 e. The van der Waals surface area contributed by atoms with Crippen LogP contribution >= 0.6 is 23.2 Å². The topological polar surface area (TPSA) is 92.6 Å². The minimum atomic E-state index is -0.527. The van der Waals surface area contributed by atoms with Crippen LogP contribution in [0.3, 0.4) is 0 Å². The Bertz CT molecular complexity index is 943. The van der Waals surface area contributed by atoms with Crippen LogP contribution in [0.4, 0.5) is 5.69 Å². The molecule has 1 N–H and O–H groups in total. The average molecular weight is 436 g/mol. The monoisotopic (exact) mass is 435 g/mol. The van der Waals surface area contributed by atoms with E-state index in [0.717, 1.165) is 5.56 Å². The van der Waals surface area contributed by atoms with E-state index in [1.807, 2.05) is 0 Å². The zero-order chi connectivity index (χ0) is 21.0. The number of benzene rings is 2. The largest absolute Gasteiger partial charge is 0.352 e. The molecule has 1 aliphatic heterocycles. The Morgan fingerprint density at radius 3 is 2.52 bits per heavy atom. The van der Waals surface area contributed by atoms with Crippen LogP contribution in [0.5, 0.6) is 0 Å². The lowest BCUT2D eigenvalue weighted by atomic mass is 9.95. The van der Waals surface area contributed by atoms with Gasteiger partial charge in [0.2, 0.25) is 5.91 Å². The maximum absolute atomic E-state index is 12.6. The van der Waals surface area contributed by atoms with Crippen molar-refractivity contribution in [3.8, 4) is 0 Å². The molecule has 7 nitrogen and oxygen atoms in total. The summed E-state index contributed by atoms with van der Waals surface area (Å²) in [5.41, 5.74) is 0.938. The molecule has 0 saturated carbocycles. The van der Waals surface area contributed by atoms with E-state index in [-0.39, 0.29) is 29.0 Å². The molecule has 152 valence electrons. The molecule has 0 spiro atoms. The number of nitro groups is 1. The van der Waals surface area contributed by atoms with Gasteiger partial charge >= 0.3 is 0 Å². The minimum absolute atomic E-state index is 0.0848. The average Bonchev–Trinajstić information content (AvgIpc) is 2.72. The summed E-state index contributed by atoms with van der Waals surface area (Å²) in [4.78, 5) is 37.1. The predicted octanol–water partition coefficient (Wildman–Crippen LogP) is 4.07. The van der Waals surface area contributed by atoms with Gasteiger partial charge in [-0.2, -0.15) is 0 Å². The van der Waals surface area contributed by atoms with Crippen LogP contribution in [-0.4, -0.2) is 34.7 Å². The maximum Gasteiger partial charge on any atom is 0.270 e. The predicted molar refractivity (Wildman–Crippen MR) is 110 cm³/mol. The third kappa shape index (κ3) is 5.25. The Hall–Kier alpha value is -2.64. The zero-order valence-corrected chi connectivity index (χ0v) is 16.9. The molecule has 2 aromatic rings. The van der Waals surface area contributed by atoms with Crippen LogP contribution in [0.1, 0.15) is 28.8 Å². The van der Waals surface area contributed by atoms with Gasteiger partial charge in [-0.15, -0.1) is 0 Å². The Morgan fingerprint density at radius 1 is 1.14 bits per heavy atom. The Labute approximate surface area is 177 Å². The lowest BCUT2D eigenvalue weighted by Crippen LogP contribution is -2.42. The summed E-state index contributed by atoms with van der Waals surface area (Å²) in [7, 11) is 0. The lowest BCUT2D eigenvalue weighted by Gasteiger charge is -2.31. The van der Waals surface area contributed by atoms with E-state index in [2.05, 4.69) is 5.32 Å². The molecule has 0 radical (unpaired) electrons. The molecule has 29 heavy (non-hydrogen) atoms. The number of non-ortho nitro benzene ring substituents is 1. The molecule has 1 saturated heterocycles. The summed E-state index contributed by atoms with van der Waals surface area (Å²) < 4.78 is 0. The number of hydrogen-bond acceptors (Lipinski definition) is 4. The van der Waals surface area contributed by atoms with Crippen molar-refractivity contribution in [2.24, 2.45) is 5.92 Å². The molecule has 9 heteroatoms. The number of nitro benzene ring substituents is 1. The number of halogens is 2. The van der Waals surface area contributed by atoms with Crippen LogP contribution in [0, 0.1) is 16.0 Å². The van der Waals surface area contributed by atoms with E-state index in [0.29, 0.717) is 42.5 Å². The third-order valence-electron chi connectivity index (χ3n) is 4.93. The van der Waals surface area contributed by atoms with E-state index in [9.17, 15) is 19.7 Å². The van der Waals surface area contributed by atoms with Crippen molar-refractivity contribution in [3.63, 3.8) is 0 Å². The summed E-state index contributed by atoms with van der Waals surface area (Å²) in [6, 6.07) is 10.8. The molecule has 1 aliphatic rings. The fraction of sp³-hybridized carbons (Fsp3) is 0.300. The Balaban J connectivity index is 1.53. The van der Waals surface area contributed by atoms with Crippen molar-refractivity contribution >= 4 is 40.7 Å². The molecule has 2 aromatic carbocycles. The number of rotatable bonds is 5. The minimum Gasteiger partial charge on any atom is -0.352 e. The van der Waals surface area contributed by atoms with Gasteiger partial charge < -0.3 is 10.2 Å². The first kappa shape index (κ1) is 21.1. The van der Waals surface area contributed by atoms with Gasteiger partial charge in [-0.1, -0.05) is 35.3 Å². The highest BCUT2D eigenvalue weighted by Crippen LogP contribution is 2.23. The lowest BCUT2D eigenvalue weighted by molar-refractivity contribution is -0.384. The van der Waals surface area contributed by atoms with Crippen molar-refractivity contribution in [1.29, 1.82) is 0 Å². The van der Waals surface area contributed by atoms with E-state index >= 15 is 0 Å². The van der Waals surface area contributed by atoms with E-state index < -0.39 is 4.92 Å². The second kappa shape index (κ2) is 9.24. The second-order valence-electron chi connectivity index (χ2n) is 6.83. The number of nitrogens with one attached hydrogen (secondary N) is 1. The van der Waals surface area contributed by atoms with Gasteiger partial charge in [0, 0.05) is 53.3 Å². The SMILES string of the molecule is O=C(NCc1ccc(Cl)cc1Cl)C1CCN(C(=O)c2cccc([N+](=O)[O-])c2)CC1. The van der Waals surface area contributed by atoms with Gasteiger partial charge in [0.05, 0.1) is 4.92 Å². The van der Waals surface area contributed by atoms with E-state index in [4.69, 9.17) is 23.2 Å². The number of hydrogen-bond donors (Lipinski definition) is 1. The molecule has 0 bridgehead atoms. The third-order valence-corrected chi connectivity index (χ3v) is 5.51. The van der Waals surface area contributed by atoms with Gasteiger partial charge in [-0.3, -0.25) is 19.7 Å². The molecule has 0 unspecified atom stereocenters. The number of carbonyl (C=O) groups is 2. The Kier molecular flexibility index (Phi) is 6.71. The van der Waals surface area contributed by atoms with Crippen LogP contribution in [0.15, 0.2) is 42.5 Å². The van der Waals surface area contributed by atoms with Gasteiger partial charge in [0.15, 0.2) is 0 Å². The van der Waals surface area contributed by atoms with Gasteiger partial charge in [-0.25, -0.2) is 0 Å². The van der Waals surface area contributed by atoms with E-state index in [1.54, 1.807) is 29.2 Å². The molecule has 1 fully saturated rings. The van der Waals surface area contributed by atoms with Crippen molar-refractivity contribution in [1.82, 2.24) is 10.2 Å². The first-order valence-corrected chi connectivity index (χ1v) is 9.86. The Morgan fingerprint density at radius 2 is 1.86 bits per heavy atom. The summed E-state index contributed by atoms with van der Waals surface area (Å²) in [6.07, 6.45) is 1.06. The maximum atomic E-state index is 12.6. The van der Waals surface area contributed by atoms with Gasteiger partial charge in [-0.05, 0) is 36.6 Å². The molecule has 0 aliphatic carbocycles. The number of nitrogens with zero attached hydrogens (tertiary/aromatic N) is 2. The van der Waals surface area contributed by atoms with Crippen molar-refractivity contribution in [2.75, 3.05) is 13.1 Å². The molecule has 0 aromatic heterocycles. The van der Waals surface area contributed by atoms with Crippen molar-refractivity contribution in [2.45, 2.75) is 19.4 Å². The second-order valence-corrected chi connectivity index (χ2v) is 7.67. The number of amides is 2. The summed E-state index contributed by atoms with van der Waals surface area (Å²) in [5.74, 6) is -0.547. The standard InChI is InChI=1S/C20H19Cl2N3O4/c21-16-5-4-15(18(22)11-16)12-23-19(26)13-6-8-24(9-7-13)20(27)14-2-1-3-17(10-14)25(28)29/h1-5,10-11,13H,6-9,12H2,(H,23,26). The highest BCUT2D eigenvalue weighted by atomic mass is 35.5. The molecule has 1 heterocycles. The quantitative estimate of drug-likeness (QED) is 0.565. The normalized spacial score (nSPS) is 14.5. The highest BCUT2D eigenvalue weighted by Gasteiger charge is 2.28. The molecular weight excluding hydrogens is 417 g/mol. The fourth-order valence-electron chi connectivity index (χ4n) is 3.27. The fourth-order valence-corrected chi connectivity index (χ4v) is 3.75. The van der Waals surface area contributed by atoms with Crippen LogP contribution in [-0.2, 0) is 11.3 Å². The number of carbonyl (C=O) groups excluding carboxylic acids is 2. The summed E-state index contributed by atoms with van der Waals surface area (Å²) in [5, 5.41) is 14.8. The van der Waals surface area contributed by atoms with Gasteiger partial charge in [0.1, 0.15) is 0 Å². The number of piperidine rings is 1. The van der Waals surface area contributed by atoms with E-state index in [1.165, 1.54) is 18.2 Å². The molecular formula is C20H19Cl2N3O4. The first-order valence-electron chi connectivity index (χ1n) is 9.10.